The van der Waals surface area contributed by atoms with Gasteiger partial charge in [-0.05, 0) is 29.7 Å². The van der Waals surface area contributed by atoms with Crippen LogP contribution >= 0.6 is 0 Å². The van der Waals surface area contributed by atoms with Crippen LogP contribution in [0.3, 0.4) is 0 Å². The SMILES string of the molecule is COC(=O)[C@@H](Cc1ccccc1)NC(=O)[C@H](C)Cc1ccc(F)cc1. The minimum Gasteiger partial charge on any atom is -0.467 e. The fourth-order valence-electron chi connectivity index (χ4n) is 2.57. The molecule has 0 saturated heterocycles. The van der Waals surface area contributed by atoms with Crippen molar-refractivity contribution in [2.75, 3.05) is 7.11 Å². The van der Waals surface area contributed by atoms with Gasteiger partial charge in [0.2, 0.25) is 5.91 Å². The molecule has 0 saturated carbocycles. The van der Waals surface area contributed by atoms with Crippen molar-refractivity contribution in [1.82, 2.24) is 5.32 Å². The molecule has 1 N–H and O–H groups in total. The minimum atomic E-state index is -0.740. The molecule has 1 amide bonds. The van der Waals surface area contributed by atoms with Gasteiger partial charge in [0.1, 0.15) is 11.9 Å². The molecule has 25 heavy (non-hydrogen) atoms. The zero-order valence-corrected chi connectivity index (χ0v) is 14.4. The molecule has 5 heteroatoms. The molecular weight excluding hydrogens is 321 g/mol. The first-order chi connectivity index (χ1) is 12.0. The van der Waals surface area contributed by atoms with Crippen molar-refractivity contribution >= 4 is 11.9 Å². The van der Waals surface area contributed by atoms with Crippen LogP contribution in [0.15, 0.2) is 54.6 Å². The summed E-state index contributed by atoms with van der Waals surface area (Å²) in [5.74, 6) is -1.38. The van der Waals surface area contributed by atoms with E-state index >= 15 is 0 Å². The molecule has 0 aromatic heterocycles. The van der Waals surface area contributed by atoms with Gasteiger partial charge in [0.05, 0.1) is 7.11 Å². The highest BCUT2D eigenvalue weighted by atomic mass is 19.1. The average Bonchev–Trinajstić information content (AvgIpc) is 2.63. The van der Waals surface area contributed by atoms with Gasteiger partial charge in [-0.25, -0.2) is 9.18 Å². The molecule has 0 heterocycles. The van der Waals surface area contributed by atoms with Crippen LogP contribution < -0.4 is 5.32 Å². The highest BCUT2D eigenvalue weighted by Crippen LogP contribution is 2.11. The molecule has 2 atom stereocenters. The monoisotopic (exact) mass is 343 g/mol. The Kier molecular flexibility index (Phi) is 6.69. The van der Waals surface area contributed by atoms with Gasteiger partial charge >= 0.3 is 5.97 Å². The number of carbonyl (C=O) groups is 2. The summed E-state index contributed by atoms with van der Waals surface area (Å²) in [6.45, 7) is 1.77. The zero-order valence-electron chi connectivity index (χ0n) is 14.4. The topological polar surface area (TPSA) is 55.4 Å². The van der Waals surface area contributed by atoms with Crippen LogP contribution in [-0.4, -0.2) is 25.0 Å². The Morgan fingerprint density at radius 3 is 2.20 bits per heavy atom. The predicted molar refractivity (Wildman–Crippen MR) is 93.4 cm³/mol. The Bertz CT molecular complexity index is 701. The van der Waals surface area contributed by atoms with Crippen molar-refractivity contribution in [2.24, 2.45) is 5.92 Å². The van der Waals surface area contributed by atoms with E-state index in [4.69, 9.17) is 4.74 Å². The quantitative estimate of drug-likeness (QED) is 0.787. The van der Waals surface area contributed by atoms with Crippen LogP contribution in [0.4, 0.5) is 4.39 Å². The molecule has 0 aliphatic heterocycles. The lowest BCUT2D eigenvalue weighted by molar-refractivity contribution is -0.145. The molecule has 0 aliphatic carbocycles. The van der Waals surface area contributed by atoms with Crippen LogP contribution in [0.5, 0.6) is 0 Å². The van der Waals surface area contributed by atoms with Crippen LogP contribution in [0.2, 0.25) is 0 Å². The van der Waals surface area contributed by atoms with Gasteiger partial charge in [-0.3, -0.25) is 4.79 Å². The number of rotatable bonds is 7. The number of nitrogens with one attached hydrogen (secondary N) is 1. The first kappa shape index (κ1) is 18.6. The smallest absolute Gasteiger partial charge is 0.328 e. The second kappa shape index (κ2) is 8.97. The number of hydrogen-bond donors (Lipinski definition) is 1. The molecule has 4 nitrogen and oxygen atoms in total. The summed E-state index contributed by atoms with van der Waals surface area (Å²) in [4.78, 5) is 24.4. The van der Waals surface area contributed by atoms with E-state index in [-0.39, 0.29) is 17.6 Å². The Balaban J connectivity index is 2.00. The summed E-state index contributed by atoms with van der Waals surface area (Å²) in [6, 6.07) is 14.7. The van der Waals surface area contributed by atoms with E-state index in [1.165, 1.54) is 19.2 Å². The van der Waals surface area contributed by atoms with Gasteiger partial charge < -0.3 is 10.1 Å². The molecule has 2 aromatic rings. The fraction of sp³-hybridized carbons (Fsp3) is 0.300. The van der Waals surface area contributed by atoms with Crippen molar-refractivity contribution in [3.8, 4) is 0 Å². The second-order valence-electron chi connectivity index (χ2n) is 6.01. The molecule has 0 fully saturated rings. The lowest BCUT2D eigenvalue weighted by atomic mass is 9.99. The van der Waals surface area contributed by atoms with Gasteiger partial charge in [0.25, 0.3) is 0 Å². The zero-order chi connectivity index (χ0) is 18.2. The van der Waals surface area contributed by atoms with Crippen LogP contribution in [-0.2, 0) is 27.2 Å². The molecule has 132 valence electrons. The molecule has 0 unspecified atom stereocenters. The molecular formula is C20H22FNO3. The summed E-state index contributed by atoms with van der Waals surface area (Å²) in [5, 5.41) is 2.76. The van der Waals surface area contributed by atoms with E-state index in [1.54, 1.807) is 19.1 Å². The van der Waals surface area contributed by atoms with E-state index in [0.29, 0.717) is 12.8 Å². The number of methoxy groups -OCH3 is 1. The maximum absolute atomic E-state index is 13.0. The number of benzene rings is 2. The summed E-state index contributed by atoms with van der Waals surface area (Å²) in [7, 11) is 1.30. The number of halogens is 1. The molecule has 0 bridgehead atoms. The van der Waals surface area contributed by atoms with Crippen molar-refractivity contribution in [3.05, 3.63) is 71.5 Å². The van der Waals surface area contributed by atoms with Gasteiger partial charge in [-0.15, -0.1) is 0 Å². The Hall–Kier alpha value is -2.69. The van der Waals surface area contributed by atoms with E-state index in [9.17, 15) is 14.0 Å². The normalized spacial score (nSPS) is 12.9. The van der Waals surface area contributed by atoms with Crippen molar-refractivity contribution in [3.63, 3.8) is 0 Å². The molecule has 2 aromatic carbocycles. The summed E-state index contributed by atoms with van der Waals surface area (Å²) in [5.41, 5.74) is 1.80. The first-order valence-corrected chi connectivity index (χ1v) is 8.16. The van der Waals surface area contributed by atoms with E-state index < -0.39 is 12.0 Å². The van der Waals surface area contributed by atoms with Crippen LogP contribution in [0.25, 0.3) is 0 Å². The standard InChI is InChI=1S/C20H22FNO3/c1-14(12-16-8-10-17(21)11-9-16)19(23)22-18(20(24)25-2)13-15-6-4-3-5-7-15/h3-11,14,18H,12-13H2,1-2H3,(H,22,23)/t14-,18-/m1/s1. The van der Waals surface area contributed by atoms with Crippen LogP contribution in [0.1, 0.15) is 18.1 Å². The molecule has 0 spiro atoms. The third kappa shape index (κ3) is 5.71. The number of carbonyl (C=O) groups excluding carboxylic acids is 2. The van der Waals surface area contributed by atoms with Gasteiger partial charge in [-0.1, -0.05) is 49.4 Å². The van der Waals surface area contributed by atoms with Crippen molar-refractivity contribution < 1.29 is 18.7 Å². The second-order valence-corrected chi connectivity index (χ2v) is 6.01. The highest BCUT2D eigenvalue weighted by Gasteiger charge is 2.24. The summed E-state index contributed by atoms with van der Waals surface area (Å²) < 4.78 is 17.8. The largest absolute Gasteiger partial charge is 0.467 e. The van der Waals surface area contributed by atoms with Gasteiger partial charge in [0.15, 0.2) is 0 Å². The summed E-state index contributed by atoms with van der Waals surface area (Å²) >= 11 is 0. The molecule has 0 radical (unpaired) electrons. The Morgan fingerprint density at radius 2 is 1.60 bits per heavy atom. The number of ether oxygens (including phenoxy) is 1. The number of esters is 1. The average molecular weight is 343 g/mol. The third-order valence-electron chi connectivity index (χ3n) is 3.99. The molecule has 2 rings (SSSR count). The van der Waals surface area contributed by atoms with Crippen molar-refractivity contribution in [1.29, 1.82) is 0 Å². The van der Waals surface area contributed by atoms with Crippen LogP contribution in [0, 0.1) is 11.7 Å². The lowest BCUT2D eigenvalue weighted by Gasteiger charge is -2.19. The van der Waals surface area contributed by atoms with E-state index in [1.807, 2.05) is 30.3 Å². The van der Waals surface area contributed by atoms with Crippen molar-refractivity contribution in [2.45, 2.75) is 25.8 Å². The minimum absolute atomic E-state index is 0.240. The highest BCUT2D eigenvalue weighted by molar-refractivity contribution is 5.85. The summed E-state index contributed by atoms with van der Waals surface area (Å²) in [6.07, 6.45) is 0.827. The van der Waals surface area contributed by atoms with Gasteiger partial charge in [0, 0.05) is 12.3 Å². The predicted octanol–water partition coefficient (Wildman–Crippen LogP) is 2.90. The maximum atomic E-state index is 13.0. The Morgan fingerprint density at radius 1 is 1.00 bits per heavy atom. The maximum Gasteiger partial charge on any atom is 0.328 e. The fourth-order valence-corrected chi connectivity index (χ4v) is 2.57. The third-order valence-corrected chi connectivity index (χ3v) is 3.99. The van der Waals surface area contributed by atoms with E-state index in [0.717, 1.165) is 11.1 Å². The number of amides is 1. The van der Waals surface area contributed by atoms with Gasteiger partial charge in [-0.2, -0.15) is 0 Å². The lowest BCUT2D eigenvalue weighted by Crippen LogP contribution is -2.45. The van der Waals surface area contributed by atoms with E-state index in [2.05, 4.69) is 5.32 Å². The molecule has 0 aliphatic rings. The Labute approximate surface area is 147 Å². The number of hydrogen-bond acceptors (Lipinski definition) is 3. The first-order valence-electron chi connectivity index (χ1n) is 8.16.